The van der Waals surface area contributed by atoms with Crippen LogP contribution in [0, 0.1) is 0 Å². The maximum atomic E-state index is 12.3. The summed E-state index contributed by atoms with van der Waals surface area (Å²) in [6.07, 6.45) is 0. The molecule has 2 rings (SSSR count). The highest BCUT2D eigenvalue weighted by Gasteiger charge is 2.20. The number of Topliss-reactive ketones (excluding diaryl/α,β-unsaturated/α-hetero) is 1. The number of carbonyl (C=O) groups excluding carboxylic acids is 1. The topological polar surface area (TPSA) is 33.2 Å². The Labute approximate surface area is 121 Å². The molecule has 0 amide bonds. The van der Waals surface area contributed by atoms with Gasteiger partial charge in [-0.25, -0.2) is 4.98 Å². The summed E-state index contributed by atoms with van der Waals surface area (Å²) in [5, 5.41) is 2.63. The van der Waals surface area contributed by atoms with Crippen molar-refractivity contribution in [3.05, 3.63) is 51.4 Å². The van der Waals surface area contributed by atoms with Gasteiger partial charge in [-0.05, 0) is 38.2 Å². The van der Waals surface area contributed by atoms with Crippen LogP contribution in [-0.2, 0) is 6.54 Å². The molecule has 1 aromatic heterocycles. The van der Waals surface area contributed by atoms with Crippen molar-refractivity contribution >= 4 is 28.7 Å². The van der Waals surface area contributed by atoms with Gasteiger partial charge >= 0.3 is 0 Å². The summed E-state index contributed by atoms with van der Waals surface area (Å²) in [6, 6.07) is 6.81. The minimum absolute atomic E-state index is 0.0920. The highest BCUT2D eigenvalue weighted by Crippen LogP contribution is 2.14. The number of halogens is 1. The number of hydrogen-bond acceptors (Lipinski definition) is 4. The van der Waals surface area contributed by atoms with Crippen LogP contribution in [0.3, 0.4) is 0 Å². The molecule has 0 radical (unpaired) electrons. The van der Waals surface area contributed by atoms with Gasteiger partial charge in [-0.3, -0.25) is 9.69 Å². The van der Waals surface area contributed by atoms with Crippen molar-refractivity contribution in [3.63, 3.8) is 0 Å². The Kier molecular flexibility index (Phi) is 4.69. The summed E-state index contributed by atoms with van der Waals surface area (Å²) in [5.74, 6) is 0.0920. The molecule has 100 valence electrons. The lowest BCUT2D eigenvalue weighted by Crippen LogP contribution is -2.35. The largest absolute Gasteiger partial charge is 0.292 e. The van der Waals surface area contributed by atoms with Crippen LogP contribution < -0.4 is 0 Å². The van der Waals surface area contributed by atoms with E-state index in [-0.39, 0.29) is 11.8 Å². The fourth-order valence-electron chi connectivity index (χ4n) is 1.76. The monoisotopic (exact) mass is 294 g/mol. The molecule has 0 fully saturated rings. The molecule has 0 N–H and O–H groups in total. The van der Waals surface area contributed by atoms with Gasteiger partial charge in [0.25, 0.3) is 0 Å². The summed E-state index contributed by atoms with van der Waals surface area (Å²) >= 11 is 7.39. The van der Waals surface area contributed by atoms with Crippen molar-refractivity contribution in [1.29, 1.82) is 0 Å². The van der Waals surface area contributed by atoms with Crippen molar-refractivity contribution in [1.82, 2.24) is 9.88 Å². The zero-order valence-electron chi connectivity index (χ0n) is 10.8. The van der Waals surface area contributed by atoms with Crippen molar-refractivity contribution < 1.29 is 4.79 Å². The number of rotatable bonds is 5. The molecule has 1 heterocycles. The average Bonchev–Trinajstić information content (AvgIpc) is 2.90. The van der Waals surface area contributed by atoms with Crippen molar-refractivity contribution in [2.75, 3.05) is 7.05 Å². The van der Waals surface area contributed by atoms with Crippen LogP contribution in [0.4, 0.5) is 0 Å². The van der Waals surface area contributed by atoms with E-state index in [9.17, 15) is 4.79 Å². The first-order valence-corrected chi connectivity index (χ1v) is 7.27. The Balaban J connectivity index is 2.04. The first-order valence-electron chi connectivity index (χ1n) is 5.95. The van der Waals surface area contributed by atoms with Crippen LogP contribution in [0.2, 0.25) is 5.02 Å². The zero-order chi connectivity index (χ0) is 13.8. The Morgan fingerprint density at radius 1 is 1.42 bits per heavy atom. The minimum Gasteiger partial charge on any atom is -0.292 e. The second-order valence-corrected chi connectivity index (χ2v) is 5.60. The molecule has 0 saturated heterocycles. The second-order valence-electron chi connectivity index (χ2n) is 4.44. The Morgan fingerprint density at radius 2 is 2.11 bits per heavy atom. The number of benzene rings is 1. The van der Waals surface area contributed by atoms with Gasteiger partial charge < -0.3 is 0 Å². The van der Waals surface area contributed by atoms with E-state index in [0.717, 1.165) is 5.69 Å². The molecule has 0 aliphatic rings. The molecular formula is C14H15ClN2OS. The third-order valence-electron chi connectivity index (χ3n) is 3.06. The van der Waals surface area contributed by atoms with Crippen molar-refractivity contribution in [2.45, 2.75) is 19.5 Å². The third-order valence-corrected chi connectivity index (χ3v) is 3.95. The maximum Gasteiger partial charge on any atom is 0.179 e. The molecule has 2 aromatic rings. The fraction of sp³-hybridized carbons (Fsp3) is 0.286. The first kappa shape index (κ1) is 14.2. The normalized spacial score (nSPS) is 12.6. The number of ketones is 1. The molecule has 0 aliphatic carbocycles. The van der Waals surface area contributed by atoms with Crippen LogP contribution in [0.5, 0.6) is 0 Å². The number of carbonyl (C=O) groups is 1. The van der Waals surface area contributed by atoms with Gasteiger partial charge in [0.2, 0.25) is 0 Å². The molecule has 1 atom stereocenters. The Morgan fingerprint density at radius 3 is 2.68 bits per heavy atom. The van der Waals surface area contributed by atoms with Gasteiger partial charge in [-0.2, -0.15) is 0 Å². The van der Waals surface area contributed by atoms with E-state index in [1.54, 1.807) is 41.1 Å². The fourth-order valence-corrected chi connectivity index (χ4v) is 2.44. The molecule has 5 heteroatoms. The lowest BCUT2D eigenvalue weighted by atomic mass is 10.0. The maximum absolute atomic E-state index is 12.3. The summed E-state index contributed by atoms with van der Waals surface area (Å²) in [6.45, 7) is 2.58. The highest BCUT2D eigenvalue weighted by molar-refractivity contribution is 7.07. The summed E-state index contributed by atoms with van der Waals surface area (Å²) < 4.78 is 0. The van der Waals surface area contributed by atoms with Crippen molar-refractivity contribution in [3.8, 4) is 0 Å². The molecule has 0 saturated carbocycles. The molecule has 1 unspecified atom stereocenters. The predicted octanol–water partition coefficient (Wildman–Crippen LogP) is 3.50. The van der Waals surface area contributed by atoms with E-state index >= 15 is 0 Å². The molecule has 1 aromatic carbocycles. The number of nitrogens with zero attached hydrogens (tertiary/aromatic N) is 2. The van der Waals surface area contributed by atoms with Gasteiger partial charge in [0.1, 0.15) is 0 Å². The lowest BCUT2D eigenvalue weighted by Gasteiger charge is -2.22. The van der Waals surface area contributed by atoms with Gasteiger partial charge in [0.15, 0.2) is 5.78 Å². The summed E-state index contributed by atoms with van der Waals surface area (Å²) in [4.78, 5) is 18.5. The van der Waals surface area contributed by atoms with Crippen LogP contribution in [0.25, 0.3) is 0 Å². The number of likely N-dealkylation sites (N-methyl/N-ethyl adjacent to an activating group) is 1. The first-order chi connectivity index (χ1) is 9.08. The number of aromatic nitrogens is 1. The van der Waals surface area contributed by atoms with Crippen LogP contribution in [-0.4, -0.2) is 28.8 Å². The van der Waals surface area contributed by atoms with Gasteiger partial charge in [-0.1, -0.05) is 11.6 Å². The highest BCUT2D eigenvalue weighted by atomic mass is 35.5. The summed E-state index contributed by atoms with van der Waals surface area (Å²) in [7, 11) is 1.93. The van der Waals surface area contributed by atoms with E-state index in [1.165, 1.54) is 0 Å². The molecule has 0 spiro atoms. The minimum atomic E-state index is -0.192. The molecule has 0 aliphatic heterocycles. The van der Waals surface area contributed by atoms with Gasteiger partial charge in [0.05, 0.1) is 17.2 Å². The van der Waals surface area contributed by atoms with E-state index in [0.29, 0.717) is 17.1 Å². The van der Waals surface area contributed by atoms with Gasteiger partial charge in [0, 0.05) is 22.5 Å². The quantitative estimate of drug-likeness (QED) is 0.791. The molecule has 19 heavy (non-hydrogen) atoms. The average molecular weight is 295 g/mol. The molecule has 3 nitrogen and oxygen atoms in total. The zero-order valence-corrected chi connectivity index (χ0v) is 12.4. The summed E-state index contributed by atoms with van der Waals surface area (Å²) in [5.41, 5.74) is 3.47. The van der Waals surface area contributed by atoms with E-state index < -0.39 is 0 Å². The van der Waals surface area contributed by atoms with Crippen molar-refractivity contribution in [2.24, 2.45) is 0 Å². The molecule has 0 bridgehead atoms. The Hall–Kier alpha value is -1.23. The second kappa shape index (κ2) is 6.28. The number of thiazole rings is 1. The third kappa shape index (κ3) is 3.62. The number of hydrogen-bond donors (Lipinski definition) is 0. The lowest BCUT2D eigenvalue weighted by molar-refractivity contribution is 0.0861. The van der Waals surface area contributed by atoms with Crippen LogP contribution >= 0.6 is 22.9 Å². The molecular weight excluding hydrogens is 280 g/mol. The van der Waals surface area contributed by atoms with Crippen LogP contribution in [0.15, 0.2) is 35.2 Å². The van der Waals surface area contributed by atoms with E-state index in [4.69, 9.17) is 11.6 Å². The van der Waals surface area contributed by atoms with Crippen LogP contribution in [0.1, 0.15) is 23.0 Å². The van der Waals surface area contributed by atoms with E-state index in [1.807, 2.05) is 24.3 Å². The smallest absolute Gasteiger partial charge is 0.179 e. The van der Waals surface area contributed by atoms with E-state index in [2.05, 4.69) is 4.98 Å². The Bertz CT molecular complexity index is 539. The predicted molar refractivity (Wildman–Crippen MR) is 78.8 cm³/mol. The standard InChI is InChI=1S/C14H15ClN2OS/c1-10(17(2)7-13-8-19-9-16-13)14(18)11-3-5-12(15)6-4-11/h3-6,8-10H,7H2,1-2H3. The van der Waals surface area contributed by atoms with Gasteiger partial charge in [-0.15, -0.1) is 11.3 Å². The SMILES string of the molecule is CC(C(=O)c1ccc(Cl)cc1)N(C)Cc1cscn1.